The minimum Gasteiger partial charge on any atom is -0.372 e. The Morgan fingerprint density at radius 3 is 2.35 bits per heavy atom. The Kier molecular flexibility index (Phi) is 5.37. The van der Waals surface area contributed by atoms with Crippen molar-refractivity contribution >= 4 is 59.4 Å². The number of fused-ring (bicyclic) bond motifs is 5. The largest absolute Gasteiger partial charge is 0.419 e. The van der Waals surface area contributed by atoms with E-state index in [1.54, 1.807) is 36.4 Å². The highest BCUT2D eigenvalue weighted by Crippen LogP contribution is 2.27. The van der Waals surface area contributed by atoms with Crippen LogP contribution in [-0.4, -0.2) is 20.3 Å². The predicted molar refractivity (Wildman–Crippen MR) is 129 cm³/mol. The van der Waals surface area contributed by atoms with Gasteiger partial charge in [0.1, 0.15) is 5.82 Å². The molecule has 1 aliphatic rings. The molecule has 3 heterocycles. The van der Waals surface area contributed by atoms with Crippen LogP contribution >= 0.6 is 31.9 Å². The lowest BCUT2D eigenvalue weighted by Gasteiger charge is -2.05. The average Bonchev–Trinajstić information content (AvgIpc) is 3.07. The Labute approximate surface area is 204 Å². The molecule has 0 saturated carbocycles. The number of ketones is 1. The van der Waals surface area contributed by atoms with Crippen molar-refractivity contribution in [2.75, 3.05) is 0 Å². The number of hydrogen-bond donors (Lipinski definition) is 1. The molecule has 168 valence electrons. The standard InChI is InChI=1S/C15H6BrFN2O2.C8H4BrNO3/c16-7-1-3-11-9(5-7)15(21)19-12-4-2-8(17)6-10(12)13(20)14(19)18-11;9-4-1-2-6-5(3-4)7(11)13-8(12)10-6/h1-6H;1-3H,(H,10,12). The molecule has 1 aliphatic heterocycles. The molecule has 8 nitrogen and oxygen atoms in total. The number of aromatic amines is 1. The van der Waals surface area contributed by atoms with Crippen LogP contribution < -0.4 is 16.9 Å². The van der Waals surface area contributed by atoms with Crippen LogP contribution in [0, 0.1) is 5.82 Å². The molecule has 3 aromatic carbocycles. The quantitative estimate of drug-likeness (QED) is 0.287. The van der Waals surface area contributed by atoms with Crippen molar-refractivity contribution in [1.29, 1.82) is 0 Å². The molecule has 11 heteroatoms. The normalized spacial score (nSPS) is 11.8. The van der Waals surface area contributed by atoms with Gasteiger partial charge in [0.2, 0.25) is 5.78 Å². The molecule has 5 aromatic rings. The summed E-state index contributed by atoms with van der Waals surface area (Å²) in [5.74, 6) is -1.67. The summed E-state index contributed by atoms with van der Waals surface area (Å²) in [6, 6.07) is 13.8. The number of carbonyl (C=O) groups excluding carboxylic acids is 1. The van der Waals surface area contributed by atoms with Gasteiger partial charge in [-0.2, -0.15) is 0 Å². The molecule has 34 heavy (non-hydrogen) atoms. The van der Waals surface area contributed by atoms with E-state index in [9.17, 15) is 23.6 Å². The maximum Gasteiger partial charge on any atom is 0.419 e. The Morgan fingerprint density at radius 1 is 0.882 bits per heavy atom. The van der Waals surface area contributed by atoms with Crippen LogP contribution in [0.3, 0.4) is 0 Å². The van der Waals surface area contributed by atoms with E-state index >= 15 is 0 Å². The molecule has 0 bridgehead atoms. The van der Waals surface area contributed by atoms with Crippen molar-refractivity contribution < 1.29 is 13.6 Å². The van der Waals surface area contributed by atoms with Gasteiger partial charge in [-0.05, 0) is 54.6 Å². The number of H-pyrrole nitrogens is 1. The molecule has 1 N–H and O–H groups in total. The Bertz CT molecular complexity index is 1840. The molecule has 0 spiro atoms. The van der Waals surface area contributed by atoms with E-state index in [-0.39, 0.29) is 16.9 Å². The maximum atomic E-state index is 13.3. The van der Waals surface area contributed by atoms with Crippen molar-refractivity contribution in [1.82, 2.24) is 14.5 Å². The highest BCUT2D eigenvalue weighted by Gasteiger charge is 2.30. The van der Waals surface area contributed by atoms with Crippen LogP contribution in [0.1, 0.15) is 16.2 Å². The number of nitrogens with one attached hydrogen (secondary N) is 1. The number of aromatic nitrogens is 3. The van der Waals surface area contributed by atoms with E-state index in [4.69, 9.17) is 0 Å². The van der Waals surface area contributed by atoms with Gasteiger partial charge >= 0.3 is 11.4 Å². The number of hydrogen-bond acceptors (Lipinski definition) is 6. The van der Waals surface area contributed by atoms with Gasteiger partial charge in [-0.15, -0.1) is 0 Å². The van der Waals surface area contributed by atoms with Crippen molar-refractivity contribution in [2.45, 2.75) is 0 Å². The second-order valence-corrected chi connectivity index (χ2v) is 9.05. The smallest absolute Gasteiger partial charge is 0.372 e. The fourth-order valence-corrected chi connectivity index (χ4v) is 4.33. The molecule has 0 atom stereocenters. The van der Waals surface area contributed by atoms with E-state index in [0.717, 1.165) is 15.0 Å². The summed E-state index contributed by atoms with van der Waals surface area (Å²) < 4.78 is 20.4. The molecule has 2 aromatic heterocycles. The molecule has 6 rings (SSSR count). The Balaban J connectivity index is 0.000000159. The first-order valence-corrected chi connectivity index (χ1v) is 11.2. The van der Waals surface area contributed by atoms with E-state index in [0.29, 0.717) is 27.5 Å². The van der Waals surface area contributed by atoms with Gasteiger partial charge in [0.15, 0.2) is 5.82 Å². The lowest BCUT2D eigenvalue weighted by Crippen LogP contribution is -2.21. The van der Waals surface area contributed by atoms with Crippen molar-refractivity contribution in [3.05, 3.63) is 112 Å². The van der Waals surface area contributed by atoms with Crippen molar-refractivity contribution in [3.63, 3.8) is 0 Å². The molecule has 0 radical (unpaired) electrons. The highest BCUT2D eigenvalue weighted by molar-refractivity contribution is 9.10. The molecule has 0 unspecified atom stereocenters. The zero-order chi connectivity index (χ0) is 24.1. The van der Waals surface area contributed by atoms with Crippen LogP contribution in [0.5, 0.6) is 0 Å². The second kappa shape index (κ2) is 8.26. The summed E-state index contributed by atoms with van der Waals surface area (Å²) in [5.41, 5.74) is 0.486. The van der Waals surface area contributed by atoms with E-state index in [2.05, 4.69) is 46.2 Å². The van der Waals surface area contributed by atoms with Gasteiger partial charge in [-0.25, -0.2) is 19.0 Å². The second-order valence-electron chi connectivity index (χ2n) is 7.22. The fourth-order valence-electron chi connectivity index (χ4n) is 3.61. The summed E-state index contributed by atoms with van der Waals surface area (Å²) in [7, 11) is 0. The summed E-state index contributed by atoms with van der Waals surface area (Å²) in [6.45, 7) is 0. The van der Waals surface area contributed by atoms with Crippen LogP contribution in [0.15, 0.2) is 82.3 Å². The third-order valence-corrected chi connectivity index (χ3v) is 6.09. The molecular formula is C23H10Br2FN3O5. The number of rotatable bonds is 0. The summed E-state index contributed by atoms with van der Waals surface area (Å²) in [5, 5.41) is 0.757. The maximum absolute atomic E-state index is 13.3. The van der Waals surface area contributed by atoms with Crippen LogP contribution in [0.4, 0.5) is 4.39 Å². The van der Waals surface area contributed by atoms with Gasteiger partial charge in [-0.1, -0.05) is 31.9 Å². The van der Waals surface area contributed by atoms with Crippen molar-refractivity contribution in [3.8, 4) is 5.69 Å². The number of benzene rings is 3. The van der Waals surface area contributed by atoms with Crippen LogP contribution in [0.25, 0.3) is 27.5 Å². The first-order chi connectivity index (χ1) is 16.2. The topological polar surface area (TPSA) is 115 Å². The fraction of sp³-hybridized carbons (Fsp3) is 0. The summed E-state index contributed by atoms with van der Waals surface area (Å²) >= 11 is 6.52. The number of nitrogens with zero attached hydrogens (tertiary/aromatic N) is 2. The summed E-state index contributed by atoms with van der Waals surface area (Å²) in [6.07, 6.45) is 0. The average molecular weight is 587 g/mol. The monoisotopic (exact) mass is 585 g/mol. The molecule has 0 amide bonds. The minimum atomic E-state index is -0.736. The molecular weight excluding hydrogens is 577 g/mol. The van der Waals surface area contributed by atoms with Crippen molar-refractivity contribution in [2.24, 2.45) is 0 Å². The third kappa shape index (κ3) is 3.72. The zero-order valence-corrected chi connectivity index (χ0v) is 19.9. The molecule has 0 fully saturated rings. The van der Waals surface area contributed by atoms with E-state index < -0.39 is 23.0 Å². The lowest BCUT2D eigenvalue weighted by molar-refractivity contribution is 0.103. The lowest BCUT2D eigenvalue weighted by atomic mass is 10.1. The SMILES string of the molecule is O=C1c2cc(F)ccc2-n2c1nc1ccc(Br)cc1c2=O.O=c1[nH]c2ccc(Br)cc2c(=O)o1. The number of carbonyl (C=O) groups is 1. The third-order valence-electron chi connectivity index (χ3n) is 5.10. The van der Waals surface area contributed by atoms with E-state index in [1.807, 2.05) is 0 Å². The highest BCUT2D eigenvalue weighted by atomic mass is 79.9. The van der Waals surface area contributed by atoms with Gasteiger partial charge < -0.3 is 4.42 Å². The Hall–Kier alpha value is -3.70. The Morgan fingerprint density at radius 2 is 1.59 bits per heavy atom. The first kappa shape index (κ1) is 22.1. The van der Waals surface area contributed by atoms with Gasteiger partial charge in [0.05, 0.1) is 33.1 Å². The predicted octanol–water partition coefficient (Wildman–Crippen LogP) is 4.08. The molecule has 0 aliphatic carbocycles. The number of halogens is 3. The minimum absolute atomic E-state index is 0.0235. The van der Waals surface area contributed by atoms with Gasteiger partial charge in [0.25, 0.3) is 5.56 Å². The summed E-state index contributed by atoms with van der Waals surface area (Å²) in [4.78, 5) is 53.5. The van der Waals surface area contributed by atoms with Gasteiger partial charge in [-0.3, -0.25) is 19.1 Å². The van der Waals surface area contributed by atoms with Crippen LogP contribution in [0.2, 0.25) is 0 Å². The zero-order valence-electron chi connectivity index (χ0n) is 16.8. The first-order valence-electron chi connectivity index (χ1n) is 9.62. The van der Waals surface area contributed by atoms with E-state index in [1.165, 1.54) is 16.7 Å². The van der Waals surface area contributed by atoms with Gasteiger partial charge in [0, 0.05) is 8.95 Å². The van der Waals surface area contributed by atoms with Crippen LogP contribution in [-0.2, 0) is 0 Å². The molecule has 0 saturated heterocycles.